The van der Waals surface area contributed by atoms with Gasteiger partial charge in [-0.05, 0) is 61.3 Å². The van der Waals surface area contributed by atoms with Crippen molar-refractivity contribution >= 4 is 11.9 Å². The number of hydrogen-bond donors (Lipinski definition) is 4. The first-order chi connectivity index (χ1) is 14.8. The number of carbonyl (C=O) groups is 2. The van der Waals surface area contributed by atoms with E-state index in [9.17, 15) is 14.7 Å². The number of amides is 3. The van der Waals surface area contributed by atoms with E-state index in [-0.39, 0.29) is 47.1 Å². The van der Waals surface area contributed by atoms with Gasteiger partial charge in [0, 0.05) is 25.0 Å². The van der Waals surface area contributed by atoms with Crippen molar-refractivity contribution in [1.29, 1.82) is 0 Å². The quantitative estimate of drug-likeness (QED) is 0.558. The van der Waals surface area contributed by atoms with Gasteiger partial charge in [-0.2, -0.15) is 0 Å². The van der Waals surface area contributed by atoms with Gasteiger partial charge in [-0.15, -0.1) is 0 Å². The fourth-order valence-electron chi connectivity index (χ4n) is 6.02. The molecule has 3 rings (SSSR count). The van der Waals surface area contributed by atoms with Crippen LogP contribution in [-0.4, -0.2) is 35.7 Å². The third kappa shape index (κ3) is 5.22. The number of hydrogen-bond acceptors (Lipinski definition) is 3. The summed E-state index contributed by atoms with van der Waals surface area (Å²) in [6.45, 7) is 9.35. The van der Waals surface area contributed by atoms with Crippen LogP contribution in [0.3, 0.4) is 0 Å². The molecule has 1 aromatic rings. The fraction of sp³-hybridized carbons (Fsp3) is 0.680. The standard InChI is InChI=1S/C25H39N3O3/c1-5-26-24(31)28-20-12-14-25(4)13-11-19(22(29)21(25)17(20)3)16(2)23(30)27-15-18-9-7-6-8-10-18/h6-10,16-17,19-22,29H,5,11-15H2,1-4H3,(H,27,30)(H2,26,28,31). The first-order valence-electron chi connectivity index (χ1n) is 11.8. The zero-order valence-corrected chi connectivity index (χ0v) is 19.4. The average molecular weight is 430 g/mol. The van der Waals surface area contributed by atoms with Crippen LogP contribution in [0, 0.1) is 29.1 Å². The van der Waals surface area contributed by atoms with E-state index >= 15 is 0 Å². The molecule has 4 N–H and O–H groups in total. The molecule has 2 saturated carbocycles. The Labute approximate surface area is 186 Å². The number of nitrogens with one attached hydrogen (secondary N) is 3. The van der Waals surface area contributed by atoms with Gasteiger partial charge < -0.3 is 21.1 Å². The average Bonchev–Trinajstić information content (AvgIpc) is 2.75. The number of fused-ring (bicyclic) bond motifs is 1. The fourth-order valence-corrected chi connectivity index (χ4v) is 6.02. The topological polar surface area (TPSA) is 90.5 Å². The zero-order chi connectivity index (χ0) is 22.6. The Morgan fingerprint density at radius 2 is 1.84 bits per heavy atom. The molecule has 31 heavy (non-hydrogen) atoms. The van der Waals surface area contributed by atoms with Crippen molar-refractivity contribution < 1.29 is 14.7 Å². The first kappa shape index (κ1) is 23.6. The maximum Gasteiger partial charge on any atom is 0.315 e. The van der Waals surface area contributed by atoms with Crippen LogP contribution in [0.25, 0.3) is 0 Å². The molecule has 1 aromatic carbocycles. The Hall–Kier alpha value is -2.08. The molecule has 2 aliphatic carbocycles. The number of urea groups is 1. The van der Waals surface area contributed by atoms with E-state index in [4.69, 9.17) is 0 Å². The van der Waals surface area contributed by atoms with Crippen LogP contribution in [0.1, 0.15) is 58.9 Å². The number of aliphatic hydroxyl groups is 1. The summed E-state index contributed by atoms with van der Waals surface area (Å²) in [6.07, 6.45) is 3.22. The van der Waals surface area contributed by atoms with Crippen molar-refractivity contribution in [2.24, 2.45) is 29.1 Å². The monoisotopic (exact) mass is 429 g/mol. The van der Waals surface area contributed by atoms with Crippen LogP contribution in [0.2, 0.25) is 0 Å². The molecule has 0 bridgehead atoms. The maximum atomic E-state index is 12.9. The molecule has 0 radical (unpaired) electrons. The second kappa shape index (κ2) is 10.0. The molecule has 3 amide bonds. The van der Waals surface area contributed by atoms with Crippen LogP contribution >= 0.6 is 0 Å². The third-order valence-electron chi connectivity index (χ3n) is 7.91. The van der Waals surface area contributed by atoms with Crippen molar-refractivity contribution in [3.63, 3.8) is 0 Å². The minimum absolute atomic E-state index is 0.00281. The van der Waals surface area contributed by atoms with Gasteiger partial charge in [0.05, 0.1) is 6.10 Å². The van der Waals surface area contributed by atoms with Crippen molar-refractivity contribution in [3.05, 3.63) is 35.9 Å². The predicted octanol–water partition coefficient (Wildman–Crippen LogP) is 3.45. The van der Waals surface area contributed by atoms with Gasteiger partial charge >= 0.3 is 6.03 Å². The Bertz CT molecular complexity index is 756. The molecular weight excluding hydrogens is 390 g/mol. The molecule has 2 fully saturated rings. The van der Waals surface area contributed by atoms with E-state index in [1.165, 1.54) is 0 Å². The normalized spacial score (nSPS) is 33.6. The van der Waals surface area contributed by atoms with E-state index in [2.05, 4.69) is 29.8 Å². The van der Waals surface area contributed by atoms with Gasteiger partial charge in [0.1, 0.15) is 0 Å². The molecular formula is C25H39N3O3. The summed E-state index contributed by atoms with van der Waals surface area (Å²) >= 11 is 0. The Morgan fingerprint density at radius 3 is 2.52 bits per heavy atom. The highest BCUT2D eigenvalue weighted by molar-refractivity contribution is 5.78. The van der Waals surface area contributed by atoms with E-state index in [1.54, 1.807) is 0 Å². The molecule has 0 heterocycles. The van der Waals surface area contributed by atoms with Crippen LogP contribution in [0.4, 0.5) is 4.79 Å². The van der Waals surface area contributed by atoms with Crippen molar-refractivity contribution in [2.75, 3.05) is 6.54 Å². The maximum absolute atomic E-state index is 12.9. The first-order valence-corrected chi connectivity index (χ1v) is 11.8. The Balaban J connectivity index is 1.66. The summed E-state index contributed by atoms with van der Waals surface area (Å²) in [6, 6.07) is 9.79. The van der Waals surface area contributed by atoms with Gasteiger partial charge in [-0.25, -0.2) is 4.79 Å². The lowest BCUT2D eigenvalue weighted by Gasteiger charge is -2.56. The van der Waals surface area contributed by atoms with E-state index in [0.29, 0.717) is 13.1 Å². The molecule has 7 atom stereocenters. The lowest BCUT2D eigenvalue weighted by molar-refractivity contribution is -0.142. The largest absolute Gasteiger partial charge is 0.392 e. The summed E-state index contributed by atoms with van der Waals surface area (Å²) in [4.78, 5) is 25.0. The van der Waals surface area contributed by atoms with Gasteiger partial charge in [0.15, 0.2) is 0 Å². The molecule has 6 nitrogen and oxygen atoms in total. The minimum atomic E-state index is -0.551. The third-order valence-corrected chi connectivity index (χ3v) is 7.91. The molecule has 0 spiro atoms. The van der Waals surface area contributed by atoms with Crippen molar-refractivity contribution in [1.82, 2.24) is 16.0 Å². The van der Waals surface area contributed by atoms with Crippen LogP contribution in [0.5, 0.6) is 0 Å². The Morgan fingerprint density at radius 1 is 1.16 bits per heavy atom. The lowest BCUT2D eigenvalue weighted by Crippen LogP contribution is -2.59. The van der Waals surface area contributed by atoms with Gasteiger partial charge in [-0.1, -0.05) is 51.1 Å². The number of rotatable bonds is 6. The molecule has 172 valence electrons. The van der Waals surface area contributed by atoms with Crippen LogP contribution in [-0.2, 0) is 11.3 Å². The highest BCUT2D eigenvalue weighted by Gasteiger charge is 2.53. The Kier molecular flexibility index (Phi) is 7.63. The number of carbonyl (C=O) groups excluding carboxylic acids is 2. The van der Waals surface area contributed by atoms with Gasteiger partial charge in [0.25, 0.3) is 0 Å². The number of benzene rings is 1. The summed E-state index contributed by atoms with van der Waals surface area (Å²) in [5.41, 5.74) is 1.12. The molecule has 0 aromatic heterocycles. The SMILES string of the molecule is CCNC(=O)NC1CCC2(C)CCC(C(C)C(=O)NCc3ccccc3)C(O)C2C1C. The zero-order valence-electron chi connectivity index (χ0n) is 19.4. The van der Waals surface area contributed by atoms with Gasteiger partial charge in [-0.3, -0.25) is 4.79 Å². The van der Waals surface area contributed by atoms with Crippen molar-refractivity contribution in [3.8, 4) is 0 Å². The van der Waals surface area contributed by atoms with E-state index in [1.807, 2.05) is 44.2 Å². The molecule has 0 aliphatic heterocycles. The second-order valence-electron chi connectivity index (χ2n) is 9.87. The lowest BCUT2D eigenvalue weighted by atomic mass is 9.52. The van der Waals surface area contributed by atoms with E-state index in [0.717, 1.165) is 31.2 Å². The highest BCUT2D eigenvalue weighted by atomic mass is 16.3. The van der Waals surface area contributed by atoms with Crippen LogP contribution < -0.4 is 16.0 Å². The molecule has 0 saturated heterocycles. The summed E-state index contributed by atoms with van der Waals surface area (Å²) in [7, 11) is 0. The second-order valence-corrected chi connectivity index (χ2v) is 9.87. The summed E-state index contributed by atoms with van der Waals surface area (Å²) < 4.78 is 0. The smallest absolute Gasteiger partial charge is 0.315 e. The summed E-state index contributed by atoms with van der Waals surface area (Å²) in [5.74, 6) is -0.112. The molecule has 2 aliphatic rings. The van der Waals surface area contributed by atoms with Gasteiger partial charge in [0.2, 0.25) is 5.91 Å². The highest BCUT2D eigenvalue weighted by Crippen LogP contribution is 2.55. The summed E-state index contributed by atoms with van der Waals surface area (Å²) in [5, 5.41) is 20.4. The molecule has 7 unspecified atom stereocenters. The van der Waals surface area contributed by atoms with Crippen LogP contribution in [0.15, 0.2) is 30.3 Å². The predicted molar refractivity (Wildman–Crippen MR) is 122 cm³/mol. The number of aliphatic hydroxyl groups excluding tert-OH is 1. The minimum Gasteiger partial charge on any atom is -0.392 e. The van der Waals surface area contributed by atoms with Crippen molar-refractivity contribution in [2.45, 2.75) is 72.1 Å². The van der Waals surface area contributed by atoms with E-state index < -0.39 is 6.10 Å². The molecule has 6 heteroatoms.